The lowest BCUT2D eigenvalue weighted by Crippen LogP contribution is -2.31. The van der Waals surface area contributed by atoms with Crippen molar-refractivity contribution >= 4 is 46.7 Å². The molecular weight excluding hydrogens is 366 g/mol. The van der Waals surface area contributed by atoms with Crippen molar-refractivity contribution in [2.24, 2.45) is 0 Å². The Kier molecular flexibility index (Phi) is 4.82. The maximum atomic E-state index is 12.1. The van der Waals surface area contributed by atoms with E-state index in [2.05, 4.69) is 10.6 Å². The van der Waals surface area contributed by atoms with Crippen molar-refractivity contribution in [2.45, 2.75) is 5.50 Å². The van der Waals surface area contributed by atoms with Crippen LogP contribution in [-0.2, 0) is 4.79 Å². The molecule has 1 atom stereocenters. The smallest absolute Gasteiger partial charge is 0.311 e. The molecule has 3 rings (SSSR count). The molecule has 3 N–H and O–H groups in total. The average molecular weight is 378 g/mol. The molecule has 25 heavy (non-hydrogen) atoms. The van der Waals surface area contributed by atoms with E-state index in [0.29, 0.717) is 21.2 Å². The molecule has 2 aromatic rings. The number of thioether (sulfide) groups is 1. The van der Waals surface area contributed by atoms with E-state index in [1.807, 2.05) is 6.07 Å². The first-order valence-corrected chi connectivity index (χ1v) is 8.37. The minimum absolute atomic E-state index is 0.301. The van der Waals surface area contributed by atoms with E-state index < -0.39 is 21.9 Å². The van der Waals surface area contributed by atoms with Gasteiger partial charge in [0, 0.05) is 6.07 Å². The molecular formula is C16H12ClN3O4S. The summed E-state index contributed by atoms with van der Waals surface area (Å²) in [6.07, 6.45) is 1.53. The van der Waals surface area contributed by atoms with Crippen LogP contribution >= 0.6 is 23.4 Å². The highest BCUT2D eigenvalue weighted by Crippen LogP contribution is 2.33. The lowest BCUT2D eigenvalue weighted by Gasteiger charge is -2.13. The number of anilines is 1. The van der Waals surface area contributed by atoms with Crippen molar-refractivity contribution in [2.75, 3.05) is 5.32 Å². The standard InChI is InChI=1S/C16H12ClN3O4S/c17-10-3-1-2-4-11(10)18-16-19-15(22)14(25-16)8-9-5-6-13(21)12(7-9)20(23)24/h1-8,16,18,21H,(H,19,22)/b14-8-. The summed E-state index contributed by atoms with van der Waals surface area (Å²) < 4.78 is 0. The molecule has 128 valence electrons. The third kappa shape index (κ3) is 3.86. The number of nitro benzene ring substituents is 1. The Bertz CT molecular complexity index is 887. The van der Waals surface area contributed by atoms with Gasteiger partial charge in [0.15, 0.2) is 11.2 Å². The maximum Gasteiger partial charge on any atom is 0.311 e. The van der Waals surface area contributed by atoms with E-state index in [1.54, 1.807) is 18.2 Å². The number of nitrogens with one attached hydrogen (secondary N) is 2. The van der Waals surface area contributed by atoms with Crippen LogP contribution in [0.2, 0.25) is 5.02 Å². The van der Waals surface area contributed by atoms with Crippen LogP contribution in [0.1, 0.15) is 5.56 Å². The predicted octanol–water partition coefficient (Wildman–Crippen LogP) is 3.55. The van der Waals surface area contributed by atoms with E-state index in [4.69, 9.17) is 11.6 Å². The fraction of sp³-hybridized carbons (Fsp3) is 0.0625. The molecule has 9 heteroatoms. The highest BCUT2D eigenvalue weighted by atomic mass is 35.5. The van der Waals surface area contributed by atoms with Crippen molar-refractivity contribution in [3.05, 3.63) is 68.1 Å². The van der Waals surface area contributed by atoms with Crippen LogP contribution < -0.4 is 10.6 Å². The number of nitrogens with zero attached hydrogens (tertiary/aromatic N) is 1. The molecule has 7 nitrogen and oxygen atoms in total. The van der Waals surface area contributed by atoms with Gasteiger partial charge in [0.1, 0.15) is 0 Å². The molecule has 1 aliphatic heterocycles. The van der Waals surface area contributed by atoms with Gasteiger partial charge in [-0.2, -0.15) is 0 Å². The Hall–Kier alpha value is -2.71. The van der Waals surface area contributed by atoms with Gasteiger partial charge in [-0.15, -0.1) is 0 Å². The number of nitro groups is 1. The Balaban J connectivity index is 1.79. The number of para-hydroxylation sites is 1. The lowest BCUT2D eigenvalue weighted by atomic mass is 10.1. The van der Waals surface area contributed by atoms with Crippen LogP contribution in [0.4, 0.5) is 11.4 Å². The SMILES string of the molecule is O=C1NC(Nc2ccccc2Cl)S/C1=C\c1ccc(O)c([N+](=O)[O-])c1. The number of phenols is 1. The zero-order valence-corrected chi connectivity index (χ0v) is 14.2. The summed E-state index contributed by atoms with van der Waals surface area (Å²) in [5.74, 6) is -0.723. The quantitative estimate of drug-likeness (QED) is 0.427. The Morgan fingerprint density at radius 3 is 2.80 bits per heavy atom. The number of aromatic hydroxyl groups is 1. The second kappa shape index (κ2) is 7.04. The summed E-state index contributed by atoms with van der Waals surface area (Å²) in [5, 5.41) is 26.7. The van der Waals surface area contributed by atoms with Crippen LogP contribution in [-0.4, -0.2) is 21.4 Å². The second-order valence-electron chi connectivity index (χ2n) is 5.11. The van der Waals surface area contributed by atoms with E-state index >= 15 is 0 Å². The van der Waals surface area contributed by atoms with Gasteiger partial charge in [-0.1, -0.05) is 41.6 Å². The van der Waals surface area contributed by atoms with E-state index in [9.17, 15) is 20.0 Å². The molecule has 1 unspecified atom stereocenters. The van der Waals surface area contributed by atoms with Gasteiger partial charge in [0.25, 0.3) is 5.91 Å². The predicted molar refractivity (Wildman–Crippen MR) is 97.3 cm³/mol. The highest BCUT2D eigenvalue weighted by molar-refractivity contribution is 8.05. The van der Waals surface area contributed by atoms with Crippen LogP contribution in [0.15, 0.2) is 47.4 Å². The average Bonchev–Trinajstić information content (AvgIpc) is 2.90. The number of phenolic OH excluding ortho intramolecular Hbond substituents is 1. The summed E-state index contributed by atoms with van der Waals surface area (Å²) >= 11 is 7.31. The number of amides is 1. The van der Waals surface area contributed by atoms with Crippen LogP contribution in [0.3, 0.4) is 0 Å². The second-order valence-corrected chi connectivity index (χ2v) is 6.66. The van der Waals surface area contributed by atoms with Crippen molar-refractivity contribution in [3.63, 3.8) is 0 Å². The zero-order chi connectivity index (χ0) is 18.0. The molecule has 0 bridgehead atoms. The summed E-state index contributed by atoms with van der Waals surface area (Å²) in [4.78, 5) is 22.7. The van der Waals surface area contributed by atoms with E-state index in [0.717, 1.165) is 0 Å². The van der Waals surface area contributed by atoms with Crippen molar-refractivity contribution in [1.29, 1.82) is 0 Å². The first-order chi connectivity index (χ1) is 11.9. The molecule has 1 amide bonds. The largest absolute Gasteiger partial charge is 0.502 e. The molecule has 1 heterocycles. The van der Waals surface area contributed by atoms with Gasteiger partial charge in [-0.25, -0.2) is 0 Å². The minimum atomic E-state index is -0.680. The Morgan fingerprint density at radius 2 is 2.08 bits per heavy atom. The number of hydrogen-bond donors (Lipinski definition) is 3. The first-order valence-electron chi connectivity index (χ1n) is 7.12. The van der Waals surface area contributed by atoms with Gasteiger partial charge in [-0.3, -0.25) is 14.9 Å². The zero-order valence-electron chi connectivity index (χ0n) is 12.6. The number of halogens is 1. The summed E-state index contributed by atoms with van der Waals surface area (Å²) in [6, 6.07) is 11.1. The van der Waals surface area contributed by atoms with Crippen LogP contribution in [0.25, 0.3) is 6.08 Å². The fourth-order valence-electron chi connectivity index (χ4n) is 2.21. The molecule has 0 aliphatic carbocycles. The van der Waals surface area contributed by atoms with Gasteiger partial charge in [0.2, 0.25) is 0 Å². The Morgan fingerprint density at radius 1 is 1.32 bits per heavy atom. The monoisotopic (exact) mass is 377 g/mol. The summed E-state index contributed by atoms with van der Waals surface area (Å²) in [6.45, 7) is 0. The third-order valence-corrected chi connectivity index (χ3v) is 4.74. The minimum Gasteiger partial charge on any atom is -0.502 e. The van der Waals surface area contributed by atoms with E-state index in [-0.39, 0.29) is 5.91 Å². The third-order valence-electron chi connectivity index (χ3n) is 3.39. The van der Waals surface area contributed by atoms with Crippen molar-refractivity contribution < 1.29 is 14.8 Å². The molecule has 2 aromatic carbocycles. The van der Waals surface area contributed by atoms with Gasteiger partial charge >= 0.3 is 5.69 Å². The molecule has 1 aliphatic rings. The number of hydrogen-bond acceptors (Lipinski definition) is 6. The van der Waals surface area contributed by atoms with Gasteiger partial charge in [0.05, 0.1) is 20.5 Å². The topological polar surface area (TPSA) is 104 Å². The number of benzene rings is 2. The van der Waals surface area contributed by atoms with Gasteiger partial charge < -0.3 is 15.7 Å². The number of rotatable bonds is 4. The van der Waals surface area contributed by atoms with Crippen molar-refractivity contribution in [1.82, 2.24) is 5.32 Å². The van der Waals surface area contributed by atoms with Crippen LogP contribution in [0.5, 0.6) is 5.75 Å². The molecule has 1 saturated heterocycles. The Labute approximate surface area is 151 Å². The maximum absolute atomic E-state index is 12.1. The van der Waals surface area contributed by atoms with Gasteiger partial charge in [-0.05, 0) is 29.8 Å². The van der Waals surface area contributed by atoms with Crippen LogP contribution in [0, 0.1) is 10.1 Å². The molecule has 0 saturated carbocycles. The first kappa shape index (κ1) is 17.1. The lowest BCUT2D eigenvalue weighted by molar-refractivity contribution is -0.385. The molecule has 0 aromatic heterocycles. The molecule has 0 radical (unpaired) electrons. The van der Waals surface area contributed by atoms with Crippen molar-refractivity contribution in [3.8, 4) is 5.75 Å². The van der Waals surface area contributed by atoms with E-state index in [1.165, 1.54) is 36.0 Å². The fourth-order valence-corrected chi connectivity index (χ4v) is 3.38. The normalized spacial score (nSPS) is 18.2. The highest BCUT2D eigenvalue weighted by Gasteiger charge is 2.27. The number of carbonyl (C=O) groups is 1. The summed E-state index contributed by atoms with van der Waals surface area (Å²) in [7, 11) is 0. The molecule has 1 fully saturated rings. The number of carbonyl (C=O) groups excluding carboxylic acids is 1. The summed E-state index contributed by atoms with van der Waals surface area (Å²) in [5.41, 5.74) is 0.304. The molecule has 0 spiro atoms.